The fraction of sp³-hybridized carbons (Fsp3) is 0.269. The van der Waals surface area contributed by atoms with Gasteiger partial charge in [-0.3, -0.25) is 0 Å². The Morgan fingerprint density at radius 3 is 2.57 bits per heavy atom. The number of halogens is 5. The van der Waals surface area contributed by atoms with Crippen molar-refractivity contribution in [2.45, 2.75) is 25.1 Å². The molecule has 4 rings (SSSR count). The second kappa shape index (κ2) is 11.9. The highest BCUT2D eigenvalue weighted by Crippen LogP contribution is 2.33. The molecule has 1 atom stereocenters. The Hall–Kier alpha value is -3.14. The van der Waals surface area contributed by atoms with Crippen LogP contribution in [0.2, 0.25) is 10.0 Å². The lowest BCUT2D eigenvalue weighted by Gasteiger charge is -2.20. The number of hydrogen-bond acceptors (Lipinski definition) is 4. The van der Waals surface area contributed by atoms with Crippen molar-refractivity contribution in [2.75, 3.05) is 25.2 Å². The zero-order valence-corrected chi connectivity index (χ0v) is 21.0. The van der Waals surface area contributed by atoms with Gasteiger partial charge in [0.25, 0.3) is 0 Å². The highest BCUT2D eigenvalue weighted by molar-refractivity contribution is 6.42. The van der Waals surface area contributed by atoms with E-state index in [9.17, 15) is 18.0 Å². The summed E-state index contributed by atoms with van der Waals surface area (Å²) in [5, 5.41) is 9.39. The zero-order valence-electron chi connectivity index (χ0n) is 19.5. The molecule has 1 aliphatic rings. The van der Waals surface area contributed by atoms with Crippen molar-refractivity contribution in [1.29, 1.82) is 0 Å². The molecule has 0 spiro atoms. The lowest BCUT2D eigenvalue weighted by atomic mass is 9.95. The fourth-order valence-electron chi connectivity index (χ4n) is 3.88. The second-order valence-electron chi connectivity index (χ2n) is 8.44. The van der Waals surface area contributed by atoms with Crippen LogP contribution >= 0.6 is 23.2 Å². The number of rotatable bonds is 9. The Morgan fingerprint density at radius 1 is 0.973 bits per heavy atom. The van der Waals surface area contributed by atoms with Crippen LogP contribution < -0.4 is 25.4 Å². The molecule has 3 aromatic rings. The molecule has 0 saturated heterocycles. The van der Waals surface area contributed by atoms with Gasteiger partial charge in [-0.25, -0.2) is 4.79 Å². The maximum absolute atomic E-state index is 13.0. The lowest BCUT2D eigenvalue weighted by Crippen LogP contribution is -2.33. The van der Waals surface area contributed by atoms with Crippen LogP contribution in [0.25, 0.3) is 0 Å². The standard InChI is InChI=1S/C26H24Cl2F3N3O3/c27-21-6-5-17(11-22(21)28)18(8-9-32-13-16-4-7-23-24(10-16)37-15-36-23)14-33-25(35)34-20-3-1-2-19(12-20)26(29,30)31/h1-7,10-12,18,32H,8-9,13-15H2,(H2,33,34,35). The van der Waals surface area contributed by atoms with E-state index in [4.69, 9.17) is 32.7 Å². The first kappa shape index (κ1) is 26.9. The molecule has 0 saturated carbocycles. The van der Waals surface area contributed by atoms with Gasteiger partial charge >= 0.3 is 12.2 Å². The summed E-state index contributed by atoms with van der Waals surface area (Å²) in [6.45, 7) is 1.67. The molecule has 11 heteroatoms. The number of anilines is 1. The number of alkyl halides is 3. The van der Waals surface area contributed by atoms with Crippen LogP contribution in [0.1, 0.15) is 29.0 Å². The number of carbonyl (C=O) groups is 1. The van der Waals surface area contributed by atoms with Crippen molar-refractivity contribution in [2.24, 2.45) is 0 Å². The monoisotopic (exact) mass is 553 g/mol. The summed E-state index contributed by atoms with van der Waals surface area (Å²) >= 11 is 12.3. The predicted molar refractivity (Wildman–Crippen MR) is 137 cm³/mol. The Kier molecular flexibility index (Phi) is 8.68. The molecular formula is C26H24Cl2F3N3O3. The van der Waals surface area contributed by atoms with Crippen molar-refractivity contribution >= 4 is 34.9 Å². The van der Waals surface area contributed by atoms with E-state index < -0.39 is 17.8 Å². The molecule has 0 radical (unpaired) electrons. The van der Waals surface area contributed by atoms with Gasteiger partial charge < -0.3 is 25.4 Å². The van der Waals surface area contributed by atoms with Gasteiger partial charge in [-0.05, 0) is 66.6 Å². The van der Waals surface area contributed by atoms with Gasteiger partial charge in [0.05, 0.1) is 15.6 Å². The topological polar surface area (TPSA) is 71.6 Å². The third-order valence-corrected chi connectivity index (χ3v) is 6.55. The summed E-state index contributed by atoms with van der Waals surface area (Å²) in [6, 6.07) is 14.9. The summed E-state index contributed by atoms with van der Waals surface area (Å²) in [5.74, 6) is 1.30. The van der Waals surface area contributed by atoms with Gasteiger partial charge in [-0.15, -0.1) is 0 Å². The average Bonchev–Trinajstić information content (AvgIpc) is 3.33. The van der Waals surface area contributed by atoms with Crippen LogP contribution in [0.5, 0.6) is 11.5 Å². The van der Waals surface area contributed by atoms with E-state index in [0.29, 0.717) is 35.3 Å². The number of benzene rings is 3. The maximum Gasteiger partial charge on any atom is 0.416 e. The van der Waals surface area contributed by atoms with E-state index in [2.05, 4.69) is 16.0 Å². The largest absolute Gasteiger partial charge is 0.454 e. The highest BCUT2D eigenvalue weighted by Gasteiger charge is 2.30. The number of nitrogens with one attached hydrogen (secondary N) is 3. The first-order valence-corrected chi connectivity index (χ1v) is 12.2. The summed E-state index contributed by atoms with van der Waals surface area (Å²) in [4.78, 5) is 12.4. The highest BCUT2D eigenvalue weighted by atomic mass is 35.5. The molecule has 6 nitrogen and oxygen atoms in total. The van der Waals surface area contributed by atoms with E-state index in [1.54, 1.807) is 12.1 Å². The molecule has 0 bridgehead atoms. The Labute approximate surface area is 222 Å². The number of urea groups is 1. The molecule has 1 heterocycles. The molecule has 0 fully saturated rings. The molecule has 1 unspecified atom stereocenters. The lowest BCUT2D eigenvalue weighted by molar-refractivity contribution is -0.137. The average molecular weight is 554 g/mol. The zero-order chi connectivity index (χ0) is 26.4. The van der Waals surface area contributed by atoms with Crippen LogP contribution in [0.15, 0.2) is 60.7 Å². The van der Waals surface area contributed by atoms with E-state index in [1.165, 1.54) is 12.1 Å². The molecule has 0 aliphatic carbocycles. The van der Waals surface area contributed by atoms with Crippen LogP contribution in [0, 0.1) is 0 Å². The first-order chi connectivity index (χ1) is 17.7. The number of fused-ring (bicyclic) bond motifs is 1. The quantitative estimate of drug-likeness (QED) is 0.254. The van der Waals surface area contributed by atoms with Gasteiger partial charge in [0, 0.05) is 24.7 Å². The molecular weight excluding hydrogens is 530 g/mol. The third kappa shape index (κ3) is 7.44. The normalized spacial score (nSPS) is 13.3. The minimum Gasteiger partial charge on any atom is -0.454 e. The molecule has 3 aromatic carbocycles. The fourth-order valence-corrected chi connectivity index (χ4v) is 4.18. The van der Waals surface area contributed by atoms with Gasteiger partial charge in [-0.1, -0.05) is 41.4 Å². The Bertz CT molecular complexity index is 1260. The molecule has 196 valence electrons. The first-order valence-electron chi connectivity index (χ1n) is 11.5. The minimum atomic E-state index is -4.50. The molecule has 0 aromatic heterocycles. The van der Waals surface area contributed by atoms with Crippen LogP contribution in [0.4, 0.5) is 23.7 Å². The van der Waals surface area contributed by atoms with Crippen molar-refractivity contribution in [1.82, 2.24) is 10.6 Å². The second-order valence-corrected chi connectivity index (χ2v) is 9.25. The summed E-state index contributed by atoms with van der Waals surface area (Å²) in [7, 11) is 0. The smallest absolute Gasteiger partial charge is 0.416 e. The van der Waals surface area contributed by atoms with Crippen molar-refractivity contribution < 1.29 is 27.4 Å². The number of amides is 2. The summed E-state index contributed by atoms with van der Waals surface area (Å²) in [6.07, 6.45) is -3.85. The van der Waals surface area contributed by atoms with Crippen molar-refractivity contribution in [3.05, 3.63) is 87.4 Å². The molecule has 3 N–H and O–H groups in total. The molecule has 37 heavy (non-hydrogen) atoms. The van der Waals surface area contributed by atoms with Gasteiger partial charge in [-0.2, -0.15) is 13.2 Å². The molecule has 1 aliphatic heterocycles. The summed E-state index contributed by atoms with van der Waals surface area (Å²) < 4.78 is 49.6. The summed E-state index contributed by atoms with van der Waals surface area (Å²) in [5.41, 5.74) is 1.11. The number of hydrogen-bond donors (Lipinski definition) is 3. The van der Waals surface area contributed by atoms with Crippen LogP contribution in [-0.4, -0.2) is 25.9 Å². The third-order valence-electron chi connectivity index (χ3n) is 5.81. The van der Waals surface area contributed by atoms with Crippen molar-refractivity contribution in [3.63, 3.8) is 0 Å². The number of ether oxygens (including phenoxy) is 2. The predicted octanol–water partition coefficient (Wildman–Crippen LogP) is 6.83. The Balaban J connectivity index is 1.34. The Morgan fingerprint density at radius 2 is 1.78 bits per heavy atom. The van der Waals surface area contributed by atoms with Crippen LogP contribution in [-0.2, 0) is 12.7 Å². The van der Waals surface area contributed by atoms with Gasteiger partial charge in [0.15, 0.2) is 11.5 Å². The van der Waals surface area contributed by atoms with Gasteiger partial charge in [0.2, 0.25) is 6.79 Å². The van der Waals surface area contributed by atoms with E-state index >= 15 is 0 Å². The number of carbonyl (C=O) groups excluding carboxylic acids is 1. The SMILES string of the molecule is O=C(NCC(CCNCc1ccc2c(c1)OCO2)c1ccc(Cl)c(Cl)c1)Nc1cccc(C(F)(F)F)c1. The maximum atomic E-state index is 13.0. The van der Waals surface area contributed by atoms with E-state index in [0.717, 1.165) is 29.0 Å². The van der Waals surface area contributed by atoms with Gasteiger partial charge in [0.1, 0.15) is 0 Å². The molecule has 2 amide bonds. The van der Waals surface area contributed by atoms with E-state index in [-0.39, 0.29) is 24.9 Å². The van der Waals surface area contributed by atoms with Crippen LogP contribution in [0.3, 0.4) is 0 Å². The van der Waals surface area contributed by atoms with E-state index in [1.807, 2.05) is 24.3 Å². The minimum absolute atomic E-state index is 0.0452. The van der Waals surface area contributed by atoms with Crippen molar-refractivity contribution in [3.8, 4) is 11.5 Å².